The molecule has 1 aliphatic rings. The molecule has 0 radical (unpaired) electrons. The zero-order valence-electron chi connectivity index (χ0n) is 10.4. The Kier molecular flexibility index (Phi) is 5.45. The van der Waals surface area contributed by atoms with E-state index in [1.165, 1.54) is 4.88 Å². The number of rotatable bonds is 7. The molecule has 96 valence electrons. The van der Waals surface area contributed by atoms with Gasteiger partial charge in [-0.25, -0.2) is 0 Å². The lowest BCUT2D eigenvalue weighted by Crippen LogP contribution is -2.27. The first-order chi connectivity index (χ1) is 8.38. The van der Waals surface area contributed by atoms with Gasteiger partial charge in [0.05, 0.1) is 25.4 Å². The van der Waals surface area contributed by atoms with Crippen LogP contribution in [0.2, 0.25) is 0 Å². The third-order valence-corrected chi connectivity index (χ3v) is 3.80. The summed E-state index contributed by atoms with van der Waals surface area (Å²) < 4.78 is 11.6. The van der Waals surface area contributed by atoms with Crippen molar-refractivity contribution in [2.24, 2.45) is 0 Å². The van der Waals surface area contributed by atoms with E-state index in [0.717, 1.165) is 39.1 Å². The van der Waals surface area contributed by atoms with E-state index in [4.69, 9.17) is 9.47 Å². The molecular weight excluding hydrogens is 234 g/mol. The molecule has 2 heterocycles. The second-order valence-electron chi connectivity index (χ2n) is 4.36. The van der Waals surface area contributed by atoms with Gasteiger partial charge < -0.3 is 14.8 Å². The average Bonchev–Trinajstić information content (AvgIpc) is 2.98. The summed E-state index contributed by atoms with van der Waals surface area (Å²) in [6.07, 6.45) is 2.95. The fourth-order valence-corrected chi connectivity index (χ4v) is 2.68. The monoisotopic (exact) mass is 255 g/mol. The van der Waals surface area contributed by atoms with Crippen LogP contribution in [0.15, 0.2) is 17.5 Å². The topological polar surface area (TPSA) is 30.5 Å². The van der Waals surface area contributed by atoms with Gasteiger partial charge in [-0.2, -0.15) is 0 Å². The van der Waals surface area contributed by atoms with Crippen LogP contribution in [-0.2, 0) is 16.1 Å². The molecule has 1 aromatic rings. The molecule has 0 aromatic carbocycles. The average molecular weight is 255 g/mol. The second kappa shape index (κ2) is 7.11. The molecule has 1 aromatic heterocycles. The van der Waals surface area contributed by atoms with E-state index in [1.807, 2.05) is 0 Å². The molecule has 4 heteroatoms. The van der Waals surface area contributed by atoms with Crippen LogP contribution in [-0.4, -0.2) is 31.9 Å². The number of likely N-dealkylation sites (N-methyl/N-ethyl adjacent to an activating group) is 1. The minimum Gasteiger partial charge on any atom is -0.373 e. The van der Waals surface area contributed by atoms with Crippen LogP contribution in [0.1, 0.15) is 24.6 Å². The molecule has 1 saturated heterocycles. The third-order valence-electron chi connectivity index (χ3n) is 2.95. The molecule has 0 amide bonds. The van der Waals surface area contributed by atoms with Gasteiger partial charge in [-0.15, -0.1) is 11.3 Å². The van der Waals surface area contributed by atoms with Crippen molar-refractivity contribution in [3.8, 4) is 0 Å². The van der Waals surface area contributed by atoms with Gasteiger partial charge in [0, 0.05) is 11.4 Å². The van der Waals surface area contributed by atoms with E-state index < -0.39 is 0 Å². The minimum absolute atomic E-state index is 0.290. The highest BCUT2D eigenvalue weighted by Crippen LogP contribution is 2.20. The smallest absolute Gasteiger partial charge is 0.0814 e. The van der Waals surface area contributed by atoms with Crippen LogP contribution in [0, 0.1) is 0 Å². The van der Waals surface area contributed by atoms with Crippen molar-refractivity contribution in [3.05, 3.63) is 22.4 Å². The Morgan fingerprint density at radius 3 is 3.12 bits per heavy atom. The molecule has 0 bridgehead atoms. The second-order valence-corrected chi connectivity index (χ2v) is 5.39. The van der Waals surface area contributed by atoms with E-state index in [2.05, 4.69) is 29.8 Å². The summed E-state index contributed by atoms with van der Waals surface area (Å²) in [5, 5.41) is 5.41. The number of hydrogen-bond acceptors (Lipinski definition) is 4. The van der Waals surface area contributed by atoms with Gasteiger partial charge in [-0.1, -0.05) is 13.0 Å². The van der Waals surface area contributed by atoms with Gasteiger partial charge >= 0.3 is 0 Å². The third kappa shape index (κ3) is 4.39. The molecule has 1 fully saturated rings. The maximum atomic E-state index is 5.90. The maximum Gasteiger partial charge on any atom is 0.0814 e. The molecule has 1 N–H and O–H groups in total. The molecule has 2 rings (SSSR count). The summed E-state index contributed by atoms with van der Waals surface area (Å²) in [5.74, 6) is 0. The van der Waals surface area contributed by atoms with Crippen molar-refractivity contribution < 1.29 is 9.47 Å². The first kappa shape index (κ1) is 13.0. The summed E-state index contributed by atoms with van der Waals surface area (Å²) in [6, 6.07) is 4.16. The maximum absolute atomic E-state index is 5.90. The van der Waals surface area contributed by atoms with Gasteiger partial charge in [-0.05, 0) is 30.8 Å². The lowest BCUT2D eigenvalue weighted by molar-refractivity contribution is -0.0183. The molecule has 2 atom stereocenters. The first-order valence-electron chi connectivity index (χ1n) is 6.34. The van der Waals surface area contributed by atoms with E-state index in [1.54, 1.807) is 11.3 Å². The van der Waals surface area contributed by atoms with E-state index in [9.17, 15) is 0 Å². The molecule has 1 aliphatic heterocycles. The van der Waals surface area contributed by atoms with Gasteiger partial charge in [-0.3, -0.25) is 0 Å². The van der Waals surface area contributed by atoms with Crippen molar-refractivity contribution in [2.45, 2.75) is 38.6 Å². The van der Waals surface area contributed by atoms with Crippen molar-refractivity contribution in [2.75, 3.05) is 19.7 Å². The van der Waals surface area contributed by atoms with Crippen molar-refractivity contribution in [1.29, 1.82) is 0 Å². The fourth-order valence-electron chi connectivity index (χ4n) is 2.04. The highest BCUT2D eigenvalue weighted by atomic mass is 32.1. The highest BCUT2D eigenvalue weighted by molar-refractivity contribution is 7.09. The SMILES string of the molecule is CCNCC1CCC(COCc2cccs2)O1. The van der Waals surface area contributed by atoms with Gasteiger partial charge in [0.1, 0.15) is 0 Å². The molecule has 17 heavy (non-hydrogen) atoms. The Morgan fingerprint density at radius 2 is 2.35 bits per heavy atom. The van der Waals surface area contributed by atoms with Gasteiger partial charge in [0.15, 0.2) is 0 Å². The van der Waals surface area contributed by atoms with Crippen molar-refractivity contribution >= 4 is 11.3 Å². The quantitative estimate of drug-likeness (QED) is 0.811. The molecular formula is C13H21NO2S. The number of thiophene rings is 1. The Bertz CT molecular complexity index is 302. The highest BCUT2D eigenvalue weighted by Gasteiger charge is 2.24. The van der Waals surface area contributed by atoms with Crippen LogP contribution in [0.25, 0.3) is 0 Å². The van der Waals surface area contributed by atoms with Crippen LogP contribution < -0.4 is 5.32 Å². The lowest BCUT2D eigenvalue weighted by Gasteiger charge is -2.14. The summed E-state index contributed by atoms with van der Waals surface area (Å²) in [5.41, 5.74) is 0. The normalized spacial score (nSPS) is 24.3. The summed E-state index contributed by atoms with van der Waals surface area (Å²) in [4.78, 5) is 1.28. The summed E-state index contributed by atoms with van der Waals surface area (Å²) in [7, 11) is 0. The zero-order chi connectivity index (χ0) is 11.9. The molecule has 0 aliphatic carbocycles. The molecule has 0 spiro atoms. The van der Waals surface area contributed by atoms with Gasteiger partial charge in [0.25, 0.3) is 0 Å². The van der Waals surface area contributed by atoms with Crippen molar-refractivity contribution in [1.82, 2.24) is 5.32 Å². The Hall–Kier alpha value is -0.420. The molecule has 3 nitrogen and oxygen atoms in total. The summed E-state index contributed by atoms with van der Waals surface area (Å²) >= 11 is 1.74. The Balaban J connectivity index is 1.58. The fraction of sp³-hybridized carbons (Fsp3) is 0.692. The van der Waals surface area contributed by atoms with E-state index in [0.29, 0.717) is 12.2 Å². The van der Waals surface area contributed by atoms with Crippen LogP contribution >= 0.6 is 11.3 Å². The Morgan fingerprint density at radius 1 is 1.47 bits per heavy atom. The first-order valence-corrected chi connectivity index (χ1v) is 7.22. The van der Waals surface area contributed by atoms with E-state index in [-0.39, 0.29) is 0 Å². The van der Waals surface area contributed by atoms with Crippen molar-refractivity contribution in [3.63, 3.8) is 0 Å². The molecule has 0 saturated carbocycles. The van der Waals surface area contributed by atoms with Crippen LogP contribution in [0.3, 0.4) is 0 Å². The summed E-state index contributed by atoms with van der Waals surface area (Å²) in [6.45, 7) is 5.55. The largest absolute Gasteiger partial charge is 0.373 e. The van der Waals surface area contributed by atoms with Crippen LogP contribution in [0.5, 0.6) is 0 Å². The lowest BCUT2D eigenvalue weighted by atomic mass is 10.2. The zero-order valence-corrected chi connectivity index (χ0v) is 11.2. The predicted octanol–water partition coefficient (Wildman–Crippen LogP) is 2.42. The predicted molar refractivity (Wildman–Crippen MR) is 70.4 cm³/mol. The van der Waals surface area contributed by atoms with Gasteiger partial charge in [0.2, 0.25) is 0 Å². The number of hydrogen-bond donors (Lipinski definition) is 1. The standard InChI is InChI=1S/C13H21NO2S/c1-2-14-8-11-5-6-12(16-11)9-15-10-13-4-3-7-17-13/h3-4,7,11-12,14H,2,5-6,8-10H2,1H3. The minimum atomic E-state index is 0.290. The number of nitrogens with one attached hydrogen (secondary N) is 1. The van der Waals surface area contributed by atoms with Crippen LogP contribution in [0.4, 0.5) is 0 Å². The Labute approximate surface area is 107 Å². The molecule has 2 unspecified atom stereocenters. The number of ether oxygens (including phenoxy) is 2. The van der Waals surface area contributed by atoms with E-state index >= 15 is 0 Å².